The zero-order chi connectivity index (χ0) is 10.8. The Morgan fingerprint density at radius 1 is 1.07 bits per heavy atom. The van der Waals surface area contributed by atoms with Crippen molar-refractivity contribution < 1.29 is 20.7 Å². The van der Waals surface area contributed by atoms with Crippen molar-refractivity contribution in [3.8, 4) is 0 Å². The summed E-state index contributed by atoms with van der Waals surface area (Å²) in [7, 11) is 1.59. The number of rotatable bonds is 8. The summed E-state index contributed by atoms with van der Waals surface area (Å²) in [5.74, 6) is 0.603. The Balaban J connectivity index is 3.14. The molecule has 0 aromatic carbocycles. The maximum absolute atomic E-state index is 8.64. The number of nitrogens with two attached hydrogens (primary N) is 2. The van der Waals surface area contributed by atoms with Crippen LogP contribution in [0.25, 0.3) is 0 Å². The fourth-order valence-corrected chi connectivity index (χ4v) is 1.19. The van der Waals surface area contributed by atoms with Crippen LogP contribution >= 0.6 is 0 Å². The fourth-order valence-electron chi connectivity index (χ4n) is 1.19. The summed E-state index contributed by atoms with van der Waals surface area (Å²) in [5, 5.41) is 19.6. The van der Waals surface area contributed by atoms with Crippen molar-refractivity contribution >= 4 is 11.6 Å². The van der Waals surface area contributed by atoms with Gasteiger partial charge in [-0.25, -0.2) is 5.41 Å². The van der Waals surface area contributed by atoms with Crippen molar-refractivity contribution in [1.82, 2.24) is 0 Å². The van der Waals surface area contributed by atoms with Gasteiger partial charge in [-0.3, -0.25) is 5.41 Å². The van der Waals surface area contributed by atoms with Crippen LogP contribution in [0, 0.1) is 0 Å². The highest BCUT2D eigenvalue weighted by Crippen LogP contribution is 2.05. The van der Waals surface area contributed by atoms with Crippen LogP contribution in [0.1, 0.15) is 38.5 Å². The summed E-state index contributed by atoms with van der Waals surface area (Å²) in [6.45, 7) is 0.00437. The minimum absolute atomic E-state index is 0.00437. The third kappa shape index (κ3) is 7.73. The molecule has 0 aliphatic rings. The van der Waals surface area contributed by atoms with Crippen LogP contribution in [0.3, 0.4) is 0 Å². The zero-order valence-electron chi connectivity index (χ0n) is 8.96. The minimum atomic E-state index is 0.00437. The van der Waals surface area contributed by atoms with Crippen LogP contribution in [-0.2, 0) is 4.74 Å². The molecule has 0 fully saturated rings. The molecule has 0 radical (unpaired) electrons. The van der Waals surface area contributed by atoms with E-state index in [1.54, 1.807) is 7.11 Å². The monoisotopic (exact) mass is 202 g/mol. The Morgan fingerprint density at radius 3 is 2.14 bits per heavy atom. The molecule has 5 N–H and O–H groups in total. The normalized spacial score (nSPS) is 9.86. The zero-order valence-corrected chi connectivity index (χ0v) is 8.96. The summed E-state index contributed by atoms with van der Waals surface area (Å²) in [6.07, 6.45) is 5.99. The maximum atomic E-state index is 8.64. The lowest BCUT2D eigenvalue weighted by Crippen LogP contribution is -2.41. The molecule has 0 saturated heterocycles. The van der Waals surface area contributed by atoms with Crippen LogP contribution in [0.4, 0.5) is 0 Å². The topological polar surface area (TPSA) is 80.6 Å². The summed E-state index contributed by atoms with van der Waals surface area (Å²) in [6, 6.07) is 0. The van der Waals surface area contributed by atoms with Crippen LogP contribution in [0.15, 0.2) is 0 Å². The lowest BCUT2D eigenvalue weighted by molar-refractivity contribution is -0.140. The van der Waals surface area contributed by atoms with Gasteiger partial charge >= 0.3 is 5.90 Å². The number of ether oxygens (including phenoxy) is 1. The van der Waals surface area contributed by atoms with E-state index in [1.807, 2.05) is 0 Å². The average molecular weight is 202 g/mol. The van der Waals surface area contributed by atoms with Gasteiger partial charge in [0.2, 0.25) is 0 Å². The molecule has 0 aromatic heterocycles. The third-order valence-electron chi connectivity index (χ3n) is 2.14. The van der Waals surface area contributed by atoms with Gasteiger partial charge in [0.15, 0.2) is 5.71 Å². The van der Waals surface area contributed by atoms with Crippen molar-refractivity contribution in [3.05, 3.63) is 0 Å². The number of unbranched alkanes of at least 4 members (excludes halogenated alkanes) is 3. The van der Waals surface area contributed by atoms with Gasteiger partial charge in [-0.2, -0.15) is 0 Å². The first-order chi connectivity index (χ1) is 6.70. The Labute approximate surface area is 85.3 Å². The number of hydrogen-bond acceptors (Lipinski definition) is 2. The van der Waals surface area contributed by atoms with Gasteiger partial charge in [0.05, 0.1) is 13.5 Å². The Hall–Kier alpha value is -0.900. The molecule has 0 saturated carbocycles. The van der Waals surface area contributed by atoms with Gasteiger partial charge in [-0.15, -0.1) is 0 Å². The van der Waals surface area contributed by atoms with Crippen LogP contribution < -0.4 is 10.8 Å². The molecule has 0 aliphatic carbocycles. The highest BCUT2D eigenvalue weighted by atomic mass is 16.5. The molecule has 0 heterocycles. The van der Waals surface area contributed by atoms with E-state index in [2.05, 4.69) is 0 Å². The first-order valence-corrected chi connectivity index (χ1v) is 5.07. The Bertz CT molecular complexity index is 161. The minimum Gasteiger partial charge on any atom is -0.451 e. The molecule has 4 nitrogen and oxygen atoms in total. The second-order valence-electron chi connectivity index (χ2n) is 3.40. The standard InChI is InChI=1S/C10H20N2O2/c1-14-10(12)7-5-3-2-4-6-9(11)8-13/h11-13H,2-8H2,1H3/p+2. The van der Waals surface area contributed by atoms with Gasteiger partial charge in [-0.1, -0.05) is 12.8 Å². The van der Waals surface area contributed by atoms with Crippen molar-refractivity contribution in [3.63, 3.8) is 0 Å². The molecular weight excluding hydrogens is 180 g/mol. The van der Waals surface area contributed by atoms with Gasteiger partial charge in [0.25, 0.3) is 0 Å². The number of methoxy groups -OCH3 is 1. The van der Waals surface area contributed by atoms with Gasteiger partial charge in [-0.05, 0) is 12.8 Å². The SMILES string of the molecule is COC(=[NH2+])CCCCCCC(=[NH2+])CO. The molecule has 0 rings (SSSR count). The second-order valence-corrected chi connectivity index (χ2v) is 3.40. The molecule has 0 unspecified atom stereocenters. The molecule has 0 aliphatic heterocycles. The molecule has 0 spiro atoms. The summed E-state index contributed by atoms with van der Waals surface area (Å²) in [4.78, 5) is 0. The maximum Gasteiger partial charge on any atom is 0.332 e. The summed E-state index contributed by atoms with van der Waals surface area (Å²) in [5.41, 5.74) is 0.674. The molecule has 0 bridgehead atoms. The molecular formula is C10H22N2O2+2. The quantitative estimate of drug-likeness (QED) is 0.250. The second kappa shape index (κ2) is 8.69. The molecule has 14 heavy (non-hydrogen) atoms. The lowest BCUT2D eigenvalue weighted by atomic mass is 10.1. The summed E-state index contributed by atoms with van der Waals surface area (Å²) < 4.78 is 4.85. The Morgan fingerprint density at radius 2 is 1.64 bits per heavy atom. The summed E-state index contributed by atoms with van der Waals surface area (Å²) >= 11 is 0. The van der Waals surface area contributed by atoms with E-state index < -0.39 is 0 Å². The van der Waals surface area contributed by atoms with Crippen LogP contribution in [0.2, 0.25) is 0 Å². The van der Waals surface area contributed by atoms with Crippen molar-refractivity contribution in [1.29, 1.82) is 0 Å². The average Bonchev–Trinajstić information content (AvgIpc) is 2.22. The van der Waals surface area contributed by atoms with Crippen molar-refractivity contribution in [2.75, 3.05) is 13.7 Å². The number of hydrogen-bond donors (Lipinski definition) is 3. The lowest BCUT2D eigenvalue weighted by Gasteiger charge is -1.98. The molecule has 0 aromatic rings. The number of aliphatic hydroxyl groups is 1. The highest BCUT2D eigenvalue weighted by Gasteiger charge is 2.02. The molecule has 4 heteroatoms. The van der Waals surface area contributed by atoms with Crippen LogP contribution in [-0.4, -0.2) is 30.4 Å². The molecule has 0 atom stereocenters. The predicted molar refractivity (Wildman–Crippen MR) is 55.7 cm³/mol. The first kappa shape index (κ1) is 13.1. The van der Waals surface area contributed by atoms with E-state index >= 15 is 0 Å². The van der Waals surface area contributed by atoms with E-state index in [0.29, 0.717) is 11.6 Å². The van der Waals surface area contributed by atoms with Crippen LogP contribution in [0.5, 0.6) is 0 Å². The number of aliphatic hydroxyl groups excluding tert-OH is 1. The van der Waals surface area contributed by atoms with Crippen molar-refractivity contribution in [2.24, 2.45) is 0 Å². The van der Waals surface area contributed by atoms with E-state index in [4.69, 9.17) is 20.7 Å². The van der Waals surface area contributed by atoms with E-state index in [-0.39, 0.29) is 6.61 Å². The molecule has 0 amide bonds. The first-order valence-electron chi connectivity index (χ1n) is 5.07. The van der Waals surface area contributed by atoms with Crippen molar-refractivity contribution in [2.45, 2.75) is 38.5 Å². The fraction of sp³-hybridized carbons (Fsp3) is 0.800. The van der Waals surface area contributed by atoms with E-state index in [9.17, 15) is 0 Å². The molecule has 82 valence electrons. The highest BCUT2D eigenvalue weighted by molar-refractivity contribution is 5.79. The smallest absolute Gasteiger partial charge is 0.332 e. The largest absolute Gasteiger partial charge is 0.451 e. The van der Waals surface area contributed by atoms with Gasteiger partial charge in [0.1, 0.15) is 6.61 Å². The Kier molecular flexibility index (Phi) is 8.13. The van der Waals surface area contributed by atoms with Gasteiger partial charge in [0, 0.05) is 6.42 Å². The third-order valence-corrected chi connectivity index (χ3v) is 2.14. The van der Waals surface area contributed by atoms with Gasteiger partial charge < -0.3 is 9.84 Å². The predicted octanol–water partition coefficient (Wildman–Crippen LogP) is -1.68. The van der Waals surface area contributed by atoms with E-state index in [1.165, 1.54) is 0 Å². The van der Waals surface area contributed by atoms with E-state index in [0.717, 1.165) is 38.5 Å².